The lowest BCUT2D eigenvalue weighted by Gasteiger charge is -2.15. The van der Waals surface area contributed by atoms with E-state index in [4.69, 9.17) is 4.63 Å². The first-order valence-electron chi connectivity index (χ1n) is 7.18. The Labute approximate surface area is 123 Å². The van der Waals surface area contributed by atoms with Crippen LogP contribution in [-0.4, -0.2) is 32.5 Å². The SMILES string of the molecule is CCCc1cc(CN(C)Cc2cccc3nonc23)[nH]n1. The highest BCUT2D eigenvalue weighted by molar-refractivity contribution is 5.76. The van der Waals surface area contributed by atoms with Crippen LogP contribution in [0.2, 0.25) is 0 Å². The summed E-state index contributed by atoms with van der Waals surface area (Å²) in [5, 5.41) is 15.3. The van der Waals surface area contributed by atoms with Gasteiger partial charge in [0.1, 0.15) is 11.0 Å². The number of nitrogens with zero attached hydrogens (tertiary/aromatic N) is 4. The third kappa shape index (κ3) is 3.11. The van der Waals surface area contributed by atoms with Crippen molar-refractivity contribution < 1.29 is 4.63 Å². The molecule has 0 aliphatic rings. The summed E-state index contributed by atoms with van der Waals surface area (Å²) >= 11 is 0. The molecular weight excluding hydrogens is 266 g/mol. The van der Waals surface area contributed by atoms with E-state index in [0.29, 0.717) is 0 Å². The molecule has 6 heteroatoms. The van der Waals surface area contributed by atoms with E-state index in [1.165, 1.54) is 0 Å². The number of hydrogen-bond donors (Lipinski definition) is 1. The molecule has 0 spiro atoms. The van der Waals surface area contributed by atoms with E-state index < -0.39 is 0 Å². The molecule has 21 heavy (non-hydrogen) atoms. The Bertz CT molecular complexity index is 718. The summed E-state index contributed by atoms with van der Waals surface area (Å²) < 4.78 is 4.80. The van der Waals surface area contributed by atoms with Crippen LogP contribution in [0.4, 0.5) is 0 Å². The van der Waals surface area contributed by atoms with Gasteiger partial charge in [-0.1, -0.05) is 25.5 Å². The van der Waals surface area contributed by atoms with E-state index in [0.717, 1.165) is 53.9 Å². The van der Waals surface area contributed by atoms with Crippen LogP contribution in [0.1, 0.15) is 30.3 Å². The molecule has 0 bridgehead atoms. The number of aryl methyl sites for hydroxylation is 1. The molecule has 0 aliphatic carbocycles. The molecule has 3 aromatic rings. The van der Waals surface area contributed by atoms with Crippen molar-refractivity contribution in [2.75, 3.05) is 7.05 Å². The molecule has 2 heterocycles. The van der Waals surface area contributed by atoms with Crippen molar-refractivity contribution >= 4 is 11.0 Å². The van der Waals surface area contributed by atoms with Crippen molar-refractivity contribution in [3.63, 3.8) is 0 Å². The fourth-order valence-corrected chi connectivity index (χ4v) is 2.50. The Kier molecular flexibility index (Phi) is 3.96. The number of aromatic nitrogens is 4. The van der Waals surface area contributed by atoms with Gasteiger partial charge >= 0.3 is 0 Å². The van der Waals surface area contributed by atoms with Crippen LogP contribution in [-0.2, 0) is 19.5 Å². The number of benzene rings is 1. The van der Waals surface area contributed by atoms with Gasteiger partial charge in [-0.05, 0) is 41.5 Å². The number of rotatable bonds is 6. The van der Waals surface area contributed by atoms with Crippen molar-refractivity contribution in [3.05, 3.63) is 41.2 Å². The van der Waals surface area contributed by atoms with Gasteiger partial charge < -0.3 is 0 Å². The van der Waals surface area contributed by atoms with E-state index in [9.17, 15) is 0 Å². The standard InChI is InChI=1S/C15H19N5O/c1-3-5-12-8-13(17-16-12)10-20(2)9-11-6-4-7-14-15(11)19-21-18-14/h4,6-8H,3,5,9-10H2,1-2H3,(H,16,17). The van der Waals surface area contributed by atoms with E-state index in [1.807, 2.05) is 12.1 Å². The zero-order valence-electron chi connectivity index (χ0n) is 12.3. The maximum absolute atomic E-state index is 4.80. The van der Waals surface area contributed by atoms with Gasteiger partial charge in [-0.25, -0.2) is 4.63 Å². The Balaban J connectivity index is 1.68. The van der Waals surface area contributed by atoms with Gasteiger partial charge in [-0.2, -0.15) is 5.10 Å². The lowest BCUT2D eigenvalue weighted by molar-refractivity contribution is 0.308. The second kappa shape index (κ2) is 6.05. The fourth-order valence-electron chi connectivity index (χ4n) is 2.50. The van der Waals surface area contributed by atoms with E-state index >= 15 is 0 Å². The van der Waals surface area contributed by atoms with Gasteiger partial charge in [0, 0.05) is 18.8 Å². The Hall–Kier alpha value is -2.21. The quantitative estimate of drug-likeness (QED) is 0.753. The first-order chi connectivity index (χ1) is 10.3. The summed E-state index contributed by atoms with van der Waals surface area (Å²) in [5.74, 6) is 0. The van der Waals surface area contributed by atoms with E-state index in [-0.39, 0.29) is 0 Å². The minimum atomic E-state index is 0.785. The molecule has 0 unspecified atom stereocenters. The predicted octanol–water partition coefficient (Wildman–Crippen LogP) is 2.53. The second-order valence-corrected chi connectivity index (χ2v) is 5.36. The molecule has 0 amide bonds. The summed E-state index contributed by atoms with van der Waals surface area (Å²) in [7, 11) is 2.08. The van der Waals surface area contributed by atoms with Crippen LogP contribution in [0, 0.1) is 0 Å². The van der Waals surface area contributed by atoms with Gasteiger partial charge in [0.05, 0.1) is 5.69 Å². The van der Waals surface area contributed by atoms with Crippen LogP contribution in [0.15, 0.2) is 28.9 Å². The molecular formula is C15H19N5O. The zero-order valence-corrected chi connectivity index (χ0v) is 12.3. The minimum absolute atomic E-state index is 0.785. The van der Waals surface area contributed by atoms with E-state index in [2.05, 4.69) is 51.5 Å². The maximum Gasteiger partial charge on any atom is 0.139 e. The first kappa shape index (κ1) is 13.8. The minimum Gasteiger partial charge on any atom is -0.296 e. The molecule has 1 aromatic carbocycles. The molecule has 6 nitrogen and oxygen atoms in total. The van der Waals surface area contributed by atoms with Gasteiger partial charge in [0.15, 0.2) is 0 Å². The topological polar surface area (TPSA) is 70.8 Å². The highest BCUT2D eigenvalue weighted by Gasteiger charge is 2.10. The molecule has 2 aromatic heterocycles. The molecule has 0 atom stereocenters. The molecule has 3 rings (SSSR count). The van der Waals surface area contributed by atoms with Crippen LogP contribution in [0.25, 0.3) is 11.0 Å². The molecule has 1 N–H and O–H groups in total. The molecule has 0 saturated heterocycles. The number of fused-ring (bicyclic) bond motifs is 1. The van der Waals surface area contributed by atoms with Crippen molar-refractivity contribution in [3.8, 4) is 0 Å². The highest BCUT2D eigenvalue weighted by Crippen LogP contribution is 2.17. The summed E-state index contributed by atoms with van der Waals surface area (Å²) in [6.45, 7) is 3.76. The predicted molar refractivity (Wildman–Crippen MR) is 79.6 cm³/mol. The summed E-state index contributed by atoms with van der Waals surface area (Å²) in [6, 6.07) is 8.07. The fraction of sp³-hybridized carbons (Fsp3) is 0.400. The second-order valence-electron chi connectivity index (χ2n) is 5.36. The lowest BCUT2D eigenvalue weighted by Crippen LogP contribution is -2.17. The molecule has 110 valence electrons. The van der Waals surface area contributed by atoms with Crippen molar-refractivity contribution in [1.82, 2.24) is 25.4 Å². The van der Waals surface area contributed by atoms with Gasteiger partial charge in [-0.3, -0.25) is 10.00 Å². The van der Waals surface area contributed by atoms with E-state index in [1.54, 1.807) is 0 Å². The van der Waals surface area contributed by atoms with Crippen molar-refractivity contribution in [2.24, 2.45) is 0 Å². The Morgan fingerprint density at radius 2 is 2.14 bits per heavy atom. The summed E-state index contributed by atoms with van der Waals surface area (Å²) in [4.78, 5) is 2.21. The van der Waals surface area contributed by atoms with Crippen LogP contribution < -0.4 is 0 Å². The largest absolute Gasteiger partial charge is 0.296 e. The molecule has 0 aliphatic heterocycles. The zero-order chi connectivity index (χ0) is 14.7. The van der Waals surface area contributed by atoms with Crippen molar-refractivity contribution in [1.29, 1.82) is 0 Å². The number of H-pyrrole nitrogens is 1. The van der Waals surface area contributed by atoms with Crippen LogP contribution in [0.3, 0.4) is 0 Å². The average Bonchev–Trinajstić information content (AvgIpc) is 3.09. The normalized spacial score (nSPS) is 11.6. The van der Waals surface area contributed by atoms with Gasteiger partial charge in [0.2, 0.25) is 0 Å². The first-order valence-corrected chi connectivity index (χ1v) is 7.18. The molecule has 0 radical (unpaired) electrons. The Morgan fingerprint density at radius 3 is 3.00 bits per heavy atom. The van der Waals surface area contributed by atoms with Gasteiger partial charge in [-0.15, -0.1) is 0 Å². The molecule has 0 fully saturated rings. The maximum atomic E-state index is 4.80. The Morgan fingerprint density at radius 1 is 1.24 bits per heavy atom. The lowest BCUT2D eigenvalue weighted by atomic mass is 10.1. The number of nitrogens with one attached hydrogen (secondary N) is 1. The third-order valence-corrected chi connectivity index (χ3v) is 3.44. The smallest absolute Gasteiger partial charge is 0.139 e. The average molecular weight is 285 g/mol. The molecule has 0 saturated carbocycles. The number of hydrogen-bond acceptors (Lipinski definition) is 5. The van der Waals surface area contributed by atoms with Crippen LogP contribution >= 0.6 is 0 Å². The number of aromatic amines is 1. The van der Waals surface area contributed by atoms with Crippen LogP contribution in [0.5, 0.6) is 0 Å². The van der Waals surface area contributed by atoms with Gasteiger partial charge in [0.25, 0.3) is 0 Å². The third-order valence-electron chi connectivity index (χ3n) is 3.44. The highest BCUT2D eigenvalue weighted by atomic mass is 16.6. The monoisotopic (exact) mass is 285 g/mol. The summed E-state index contributed by atoms with van der Waals surface area (Å²) in [5.41, 5.74) is 5.01. The van der Waals surface area contributed by atoms with Crippen molar-refractivity contribution in [2.45, 2.75) is 32.9 Å². The summed E-state index contributed by atoms with van der Waals surface area (Å²) in [6.07, 6.45) is 2.13.